The third kappa shape index (κ3) is 3.07. The average molecular weight is 293 g/mol. The van der Waals surface area contributed by atoms with Gasteiger partial charge in [0.2, 0.25) is 0 Å². The molecule has 1 nitrogen and oxygen atoms in total. The van der Waals surface area contributed by atoms with Crippen LogP contribution in [0, 0.1) is 0 Å². The number of nitrogens with one attached hydrogen (secondary N) is 1. The molecule has 1 fully saturated rings. The molecule has 10 heavy (non-hydrogen) atoms. The van der Waals surface area contributed by atoms with Crippen LogP contribution in [0.25, 0.3) is 0 Å². The Hall–Kier alpha value is 1.21. The van der Waals surface area contributed by atoms with E-state index < -0.39 is 0 Å². The van der Waals surface area contributed by atoms with E-state index in [-0.39, 0.29) is 12.4 Å². The molecule has 1 saturated heterocycles. The maximum absolute atomic E-state index is 3.71. The molecule has 0 atom stereocenters. The van der Waals surface area contributed by atoms with Crippen molar-refractivity contribution in [1.29, 1.82) is 0 Å². The number of halogens is 3. The molecule has 0 unspecified atom stereocenters. The maximum atomic E-state index is 3.71. The molecule has 62 valence electrons. The normalized spacial score (nSPS) is 23.4. The second-order valence-corrected chi connectivity index (χ2v) is 4.78. The Kier molecular flexibility index (Phi) is 5.56. The molecule has 0 bridgehead atoms. The van der Waals surface area contributed by atoms with Crippen molar-refractivity contribution in [2.24, 2.45) is 0 Å². The molecule has 0 spiro atoms. The summed E-state index contributed by atoms with van der Waals surface area (Å²) >= 11 is 7.20. The summed E-state index contributed by atoms with van der Waals surface area (Å²) in [5, 5.41) is 4.39. The van der Waals surface area contributed by atoms with Crippen LogP contribution < -0.4 is 5.32 Å². The average Bonchev–Trinajstić information content (AvgIpc) is 1.90. The van der Waals surface area contributed by atoms with E-state index in [1.165, 1.54) is 12.8 Å². The van der Waals surface area contributed by atoms with E-state index in [1.54, 1.807) is 0 Å². The number of rotatable bonds is 1. The summed E-state index contributed by atoms with van der Waals surface area (Å²) < 4.78 is 0.387. The highest BCUT2D eigenvalue weighted by Gasteiger charge is 2.26. The molecule has 1 N–H and O–H groups in total. The fourth-order valence-corrected chi connectivity index (χ4v) is 1.97. The number of hydrogen-bond acceptors (Lipinski definition) is 1. The Bertz CT molecular complexity index is 93.7. The van der Waals surface area contributed by atoms with Gasteiger partial charge >= 0.3 is 0 Å². The fourth-order valence-electron chi connectivity index (χ4n) is 1.01. The first-order valence-corrected chi connectivity index (χ1v) is 5.14. The van der Waals surface area contributed by atoms with Gasteiger partial charge in [-0.05, 0) is 25.9 Å². The molecule has 1 aliphatic heterocycles. The summed E-state index contributed by atoms with van der Waals surface area (Å²) in [6, 6.07) is 0. The van der Waals surface area contributed by atoms with E-state index in [2.05, 4.69) is 37.2 Å². The number of piperidine rings is 1. The first-order valence-electron chi connectivity index (χ1n) is 3.22. The van der Waals surface area contributed by atoms with Gasteiger partial charge in [-0.15, -0.1) is 12.4 Å². The van der Waals surface area contributed by atoms with Gasteiger partial charge < -0.3 is 5.32 Å². The highest BCUT2D eigenvalue weighted by Crippen LogP contribution is 2.30. The van der Waals surface area contributed by atoms with Gasteiger partial charge in [-0.1, -0.05) is 31.9 Å². The lowest BCUT2D eigenvalue weighted by Gasteiger charge is -2.29. The highest BCUT2D eigenvalue weighted by atomic mass is 79.9. The van der Waals surface area contributed by atoms with Crippen molar-refractivity contribution in [2.75, 3.05) is 18.4 Å². The molecular formula is C6H12Br2ClN. The van der Waals surface area contributed by atoms with Gasteiger partial charge in [-0.25, -0.2) is 0 Å². The minimum Gasteiger partial charge on any atom is -0.317 e. The van der Waals surface area contributed by atoms with Gasteiger partial charge in [-0.3, -0.25) is 0 Å². The van der Waals surface area contributed by atoms with Gasteiger partial charge in [0.15, 0.2) is 0 Å². The van der Waals surface area contributed by atoms with E-state index in [0.29, 0.717) is 4.32 Å². The maximum Gasteiger partial charge on any atom is 0.0378 e. The lowest BCUT2D eigenvalue weighted by Crippen LogP contribution is -2.38. The van der Waals surface area contributed by atoms with Crippen LogP contribution in [0.5, 0.6) is 0 Å². The van der Waals surface area contributed by atoms with Crippen LogP contribution in [0.15, 0.2) is 0 Å². The highest BCUT2D eigenvalue weighted by molar-refractivity contribution is 9.12. The zero-order valence-corrected chi connectivity index (χ0v) is 9.69. The molecule has 1 rings (SSSR count). The molecule has 0 saturated carbocycles. The molecule has 0 aliphatic carbocycles. The first-order chi connectivity index (χ1) is 4.27. The van der Waals surface area contributed by atoms with E-state index in [9.17, 15) is 0 Å². The van der Waals surface area contributed by atoms with E-state index in [0.717, 1.165) is 18.4 Å². The van der Waals surface area contributed by atoms with Crippen LogP contribution in [-0.4, -0.2) is 22.7 Å². The molecule has 0 radical (unpaired) electrons. The summed E-state index contributed by atoms with van der Waals surface area (Å²) in [5.41, 5.74) is 0. The largest absolute Gasteiger partial charge is 0.317 e. The summed E-state index contributed by atoms with van der Waals surface area (Å²) in [4.78, 5) is 0. The van der Waals surface area contributed by atoms with Gasteiger partial charge in [0, 0.05) is 9.65 Å². The SMILES string of the molecule is BrCC1(Br)CCNCC1.Cl. The minimum absolute atomic E-state index is 0. The van der Waals surface area contributed by atoms with Crippen molar-refractivity contribution in [2.45, 2.75) is 17.2 Å². The molecule has 0 aromatic carbocycles. The Labute approximate surface area is 85.0 Å². The quantitative estimate of drug-likeness (QED) is 0.732. The zero-order valence-electron chi connectivity index (χ0n) is 5.70. The van der Waals surface area contributed by atoms with Crippen molar-refractivity contribution < 1.29 is 0 Å². The van der Waals surface area contributed by atoms with Crippen LogP contribution in [-0.2, 0) is 0 Å². The van der Waals surface area contributed by atoms with Crippen molar-refractivity contribution in [3.8, 4) is 0 Å². The standard InChI is InChI=1S/C6H11Br2N.ClH/c7-5-6(8)1-3-9-4-2-6;/h9H,1-5H2;1H. The molecule has 4 heteroatoms. The van der Waals surface area contributed by atoms with E-state index >= 15 is 0 Å². The fraction of sp³-hybridized carbons (Fsp3) is 1.00. The zero-order chi connectivity index (χ0) is 6.74. The van der Waals surface area contributed by atoms with Gasteiger partial charge in [0.25, 0.3) is 0 Å². The summed E-state index contributed by atoms with van der Waals surface area (Å²) in [5.74, 6) is 0. The third-order valence-corrected chi connectivity index (χ3v) is 4.64. The Balaban J connectivity index is 0.000000810. The Morgan fingerprint density at radius 2 is 1.80 bits per heavy atom. The predicted molar refractivity (Wildman–Crippen MR) is 54.8 cm³/mol. The third-order valence-electron chi connectivity index (χ3n) is 1.74. The van der Waals surface area contributed by atoms with Gasteiger partial charge in [0.05, 0.1) is 0 Å². The second kappa shape index (κ2) is 4.96. The van der Waals surface area contributed by atoms with Crippen molar-refractivity contribution in [3.63, 3.8) is 0 Å². The minimum atomic E-state index is 0. The Morgan fingerprint density at radius 3 is 2.10 bits per heavy atom. The predicted octanol–water partition coefficient (Wildman–Crippen LogP) is 2.32. The topological polar surface area (TPSA) is 12.0 Å². The molecule has 1 heterocycles. The van der Waals surface area contributed by atoms with Crippen LogP contribution >= 0.6 is 44.3 Å². The van der Waals surface area contributed by atoms with Crippen LogP contribution in [0.2, 0.25) is 0 Å². The summed E-state index contributed by atoms with van der Waals surface area (Å²) in [7, 11) is 0. The molecule has 1 aliphatic rings. The molecule has 0 amide bonds. The lowest BCUT2D eigenvalue weighted by atomic mass is 10.0. The first kappa shape index (κ1) is 11.2. The monoisotopic (exact) mass is 291 g/mol. The molecule has 0 aromatic rings. The van der Waals surface area contributed by atoms with Crippen LogP contribution in [0.1, 0.15) is 12.8 Å². The van der Waals surface area contributed by atoms with Crippen molar-refractivity contribution >= 4 is 44.3 Å². The van der Waals surface area contributed by atoms with Gasteiger partial charge in [-0.2, -0.15) is 0 Å². The van der Waals surface area contributed by atoms with E-state index in [4.69, 9.17) is 0 Å². The number of hydrogen-bond donors (Lipinski definition) is 1. The molecule has 0 aromatic heterocycles. The van der Waals surface area contributed by atoms with Crippen molar-refractivity contribution in [1.82, 2.24) is 5.32 Å². The molecular weight excluding hydrogens is 281 g/mol. The van der Waals surface area contributed by atoms with Crippen molar-refractivity contribution in [3.05, 3.63) is 0 Å². The van der Waals surface area contributed by atoms with Gasteiger partial charge in [0.1, 0.15) is 0 Å². The van der Waals surface area contributed by atoms with Crippen LogP contribution in [0.3, 0.4) is 0 Å². The summed E-state index contributed by atoms with van der Waals surface area (Å²) in [6.07, 6.45) is 2.47. The van der Waals surface area contributed by atoms with Crippen LogP contribution in [0.4, 0.5) is 0 Å². The second-order valence-electron chi connectivity index (χ2n) is 2.53. The van der Waals surface area contributed by atoms with E-state index in [1.807, 2.05) is 0 Å². The lowest BCUT2D eigenvalue weighted by molar-refractivity contribution is 0.453. The smallest absolute Gasteiger partial charge is 0.0378 e. The number of alkyl halides is 2. The summed E-state index contributed by atoms with van der Waals surface area (Å²) in [6.45, 7) is 2.30. The Morgan fingerprint density at radius 1 is 1.30 bits per heavy atom.